The van der Waals surface area contributed by atoms with Crippen LogP contribution in [0.5, 0.6) is 5.75 Å². The van der Waals surface area contributed by atoms with E-state index in [4.69, 9.17) is 4.74 Å². The zero-order chi connectivity index (χ0) is 19.1. The van der Waals surface area contributed by atoms with Crippen LogP contribution < -0.4 is 20.7 Å². The number of piperidine rings is 3. The van der Waals surface area contributed by atoms with Crippen molar-refractivity contribution in [2.45, 2.75) is 37.8 Å². The lowest BCUT2D eigenvalue weighted by molar-refractivity contribution is -0.118. The number of hydrogen-bond donors (Lipinski definition) is 3. The lowest BCUT2D eigenvalue weighted by atomic mass is 9.73. The molecule has 0 saturated carbocycles. The highest BCUT2D eigenvalue weighted by atomic mass is 16.5. The molecule has 0 spiro atoms. The highest BCUT2D eigenvalue weighted by Crippen LogP contribution is 2.38. The first-order valence-electron chi connectivity index (χ1n) is 10.5. The number of benzene rings is 1. The largest absolute Gasteiger partial charge is 0.482 e. The summed E-state index contributed by atoms with van der Waals surface area (Å²) in [4.78, 5) is 26.9. The molecule has 4 atom stereocenters. The number of anilines is 1. The van der Waals surface area contributed by atoms with Gasteiger partial charge in [-0.15, -0.1) is 0 Å². The first-order chi connectivity index (χ1) is 13.7. The maximum Gasteiger partial charge on any atom is 0.262 e. The lowest BCUT2D eigenvalue weighted by Crippen LogP contribution is -2.65. The van der Waals surface area contributed by atoms with Gasteiger partial charge in [0.1, 0.15) is 5.75 Å². The molecule has 150 valence electrons. The molecule has 1 aromatic carbocycles. The molecule has 1 aromatic rings. The van der Waals surface area contributed by atoms with Gasteiger partial charge in [0.15, 0.2) is 6.61 Å². The van der Waals surface area contributed by atoms with Gasteiger partial charge in [0.2, 0.25) is 0 Å². The maximum atomic E-state index is 12.8. The molecule has 2 amide bonds. The molecular weight excluding hydrogens is 356 g/mol. The summed E-state index contributed by atoms with van der Waals surface area (Å²) in [7, 11) is 0. The molecule has 5 rings (SSSR count). The van der Waals surface area contributed by atoms with Gasteiger partial charge in [-0.1, -0.05) is 6.42 Å². The smallest absolute Gasteiger partial charge is 0.262 e. The second-order valence-corrected chi connectivity index (χ2v) is 8.54. The average Bonchev–Trinajstić information content (AvgIpc) is 2.73. The minimum Gasteiger partial charge on any atom is -0.482 e. The van der Waals surface area contributed by atoms with Crippen molar-refractivity contribution < 1.29 is 14.3 Å². The Kier molecular flexibility index (Phi) is 4.72. The van der Waals surface area contributed by atoms with Crippen LogP contribution in [0, 0.1) is 11.8 Å². The van der Waals surface area contributed by atoms with Gasteiger partial charge in [-0.05, 0) is 68.9 Å². The Bertz CT molecular complexity index is 783. The molecule has 0 aliphatic carbocycles. The van der Waals surface area contributed by atoms with Crippen LogP contribution in [0.3, 0.4) is 0 Å². The van der Waals surface area contributed by atoms with Gasteiger partial charge >= 0.3 is 0 Å². The Morgan fingerprint density at radius 1 is 1.25 bits per heavy atom. The molecule has 0 radical (unpaired) electrons. The van der Waals surface area contributed by atoms with E-state index in [0.29, 0.717) is 41.5 Å². The van der Waals surface area contributed by atoms with E-state index in [9.17, 15) is 9.59 Å². The van der Waals surface area contributed by atoms with Crippen molar-refractivity contribution in [3.63, 3.8) is 0 Å². The minimum atomic E-state index is -0.169. The number of ether oxygens (including phenoxy) is 1. The molecule has 3 saturated heterocycles. The van der Waals surface area contributed by atoms with Crippen molar-refractivity contribution >= 4 is 17.5 Å². The molecule has 4 aliphatic heterocycles. The van der Waals surface area contributed by atoms with Gasteiger partial charge in [0.25, 0.3) is 11.8 Å². The fourth-order valence-electron chi connectivity index (χ4n) is 5.56. The van der Waals surface area contributed by atoms with Gasteiger partial charge < -0.3 is 20.7 Å². The molecule has 4 heterocycles. The summed E-state index contributed by atoms with van der Waals surface area (Å²) in [6.45, 7) is 4.02. The third-order valence-electron chi connectivity index (χ3n) is 6.87. The van der Waals surface area contributed by atoms with E-state index >= 15 is 0 Å². The standard InChI is InChI=1S/C21H28N4O3/c26-20-12-28-19-8-13(4-5-16(19)24-20)21(27)23-11-18-15-7-14(9-22-10-15)17-3-1-2-6-25(17)18/h4-5,8,14-15,17-18,22H,1-3,6-7,9-12H2,(H,23,27)(H,24,26)/t14-,15+,17+,18+/m1/s1. The van der Waals surface area contributed by atoms with Crippen LogP contribution in [0.1, 0.15) is 36.0 Å². The first kappa shape index (κ1) is 17.9. The molecule has 28 heavy (non-hydrogen) atoms. The predicted octanol–water partition coefficient (Wildman–Crippen LogP) is 1.21. The van der Waals surface area contributed by atoms with Crippen LogP contribution in [-0.2, 0) is 4.79 Å². The Balaban J connectivity index is 1.27. The highest BCUT2D eigenvalue weighted by molar-refractivity contribution is 5.99. The normalized spacial score (nSPS) is 31.8. The van der Waals surface area contributed by atoms with Crippen molar-refractivity contribution in [2.24, 2.45) is 11.8 Å². The van der Waals surface area contributed by atoms with Crippen LogP contribution in [0.25, 0.3) is 0 Å². The molecular formula is C21H28N4O3. The Labute approximate surface area is 165 Å². The molecule has 7 nitrogen and oxygen atoms in total. The molecule has 4 aliphatic rings. The molecule has 3 fully saturated rings. The van der Waals surface area contributed by atoms with E-state index in [0.717, 1.165) is 25.6 Å². The second kappa shape index (κ2) is 7.37. The third kappa shape index (κ3) is 3.26. The van der Waals surface area contributed by atoms with Crippen molar-refractivity contribution in [2.75, 3.05) is 38.1 Å². The molecule has 7 heteroatoms. The monoisotopic (exact) mass is 384 g/mol. The fourth-order valence-corrected chi connectivity index (χ4v) is 5.56. The topological polar surface area (TPSA) is 82.7 Å². The molecule has 2 bridgehead atoms. The second-order valence-electron chi connectivity index (χ2n) is 8.54. The highest BCUT2D eigenvalue weighted by Gasteiger charge is 2.45. The van der Waals surface area contributed by atoms with Gasteiger partial charge in [0.05, 0.1) is 5.69 Å². The zero-order valence-electron chi connectivity index (χ0n) is 16.1. The molecule has 3 N–H and O–H groups in total. The van der Waals surface area contributed by atoms with E-state index in [1.54, 1.807) is 18.2 Å². The quantitative estimate of drug-likeness (QED) is 0.730. The Morgan fingerprint density at radius 3 is 3.07 bits per heavy atom. The van der Waals surface area contributed by atoms with E-state index in [-0.39, 0.29) is 18.4 Å². The predicted molar refractivity (Wildman–Crippen MR) is 105 cm³/mol. The minimum absolute atomic E-state index is 0.00760. The van der Waals surface area contributed by atoms with E-state index in [2.05, 4.69) is 20.9 Å². The van der Waals surface area contributed by atoms with E-state index in [1.807, 2.05) is 0 Å². The van der Waals surface area contributed by atoms with Crippen LogP contribution in [0.4, 0.5) is 5.69 Å². The van der Waals surface area contributed by atoms with Gasteiger partial charge in [-0.3, -0.25) is 14.5 Å². The third-order valence-corrected chi connectivity index (χ3v) is 6.87. The van der Waals surface area contributed by atoms with Crippen molar-refractivity contribution in [3.05, 3.63) is 23.8 Å². The number of amides is 2. The summed E-state index contributed by atoms with van der Waals surface area (Å²) in [6.07, 6.45) is 5.16. The van der Waals surface area contributed by atoms with Crippen molar-refractivity contribution in [1.29, 1.82) is 0 Å². The van der Waals surface area contributed by atoms with Gasteiger partial charge in [-0.25, -0.2) is 0 Å². The SMILES string of the molecule is O=C1COc2cc(C(=O)NC[C@H]3[C@@H]4CNC[C@@H](C4)[C@@H]4CCCCN43)ccc2N1. The molecule has 0 unspecified atom stereocenters. The van der Waals surface area contributed by atoms with Gasteiger partial charge in [0, 0.05) is 24.2 Å². The summed E-state index contributed by atoms with van der Waals surface area (Å²) in [5, 5.41) is 9.54. The van der Waals surface area contributed by atoms with Crippen LogP contribution in [0.15, 0.2) is 18.2 Å². The van der Waals surface area contributed by atoms with Crippen molar-refractivity contribution in [1.82, 2.24) is 15.5 Å². The number of nitrogens with one attached hydrogen (secondary N) is 3. The number of hydrogen-bond acceptors (Lipinski definition) is 5. The number of rotatable bonds is 3. The molecule has 0 aromatic heterocycles. The fraction of sp³-hybridized carbons (Fsp3) is 0.619. The van der Waals surface area contributed by atoms with Crippen molar-refractivity contribution in [3.8, 4) is 5.75 Å². The van der Waals surface area contributed by atoms with Crippen LogP contribution >= 0.6 is 0 Å². The van der Waals surface area contributed by atoms with Gasteiger partial charge in [-0.2, -0.15) is 0 Å². The number of nitrogens with zero attached hydrogens (tertiary/aromatic N) is 1. The van der Waals surface area contributed by atoms with E-state index < -0.39 is 0 Å². The summed E-state index contributed by atoms with van der Waals surface area (Å²) in [5.74, 6) is 1.68. The Hall–Kier alpha value is -2.12. The maximum absolute atomic E-state index is 12.8. The summed E-state index contributed by atoms with van der Waals surface area (Å²) >= 11 is 0. The number of carbonyl (C=O) groups is 2. The lowest BCUT2D eigenvalue weighted by Gasteiger charge is -2.55. The number of carbonyl (C=O) groups excluding carboxylic acids is 2. The number of fused-ring (bicyclic) bond motifs is 5. The van der Waals surface area contributed by atoms with Crippen LogP contribution in [0.2, 0.25) is 0 Å². The zero-order valence-corrected chi connectivity index (χ0v) is 16.1. The first-order valence-corrected chi connectivity index (χ1v) is 10.5. The summed E-state index contributed by atoms with van der Waals surface area (Å²) < 4.78 is 5.44. The summed E-state index contributed by atoms with van der Waals surface area (Å²) in [5.41, 5.74) is 1.19. The average molecular weight is 384 g/mol. The van der Waals surface area contributed by atoms with E-state index in [1.165, 1.54) is 25.7 Å². The summed E-state index contributed by atoms with van der Waals surface area (Å²) in [6, 6.07) is 6.27. The van der Waals surface area contributed by atoms with Crippen LogP contribution in [-0.4, -0.2) is 61.6 Å². The Morgan fingerprint density at radius 2 is 2.14 bits per heavy atom.